The lowest BCUT2D eigenvalue weighted by molar-refractivity contribution is -0.384. The Morgan fingerprint density at radius 3 is 2.53 bits per heavy atom. The number of hydrogen-bond donors (Lipinski definition) is 1. The Balaban J connectivity index is 1.59. The fourth-order valence-corrected chi connectivity index (χ4v) is 5.40. The third-order valence-electron chi connectivity index (χ3n) is 6.30. The summed E-state index contributed by atoms with van der Waals surface area (Å²) in [6.45, 7) is 0.530. The van der Waals surface area contributed by atoms with Crippen LogP contribution >= 0.6 is 38.5 Å². The van der Waals surface area contributed by atoms with Crippen molar-refractivity contribution in [1.29, 1.82) is 0 Å². The third-order valence-corrected chi connectivity index (χ3v) is 7.35. The van der Waals surface area contributed by atoms with Gasteiger partial charge < -0.3 is 15.1 Å². The first-order valence-electron chi connectivity index (χ1n) is 11.4. The van der Waals surface area contributed by atoms with Crippen molar-refractivity contribution in [1.82, 2.24) is 14.8 Å². The first kappa shape index (κ1) is 26.6. The lowest BCUT2D eigenvalue weighted by Crippen LogP contribution is -2.46. The fraction of sp³-hybridized carbons (Fsp3) is 0.435. The second kappa shape index (κ2) is 10.9. The van der Waals surface area contributed by atoms with Gasteiger partial charge in [0.25, 0.3) is 23.4 Å². The van der Waals surface area contributed by atoms with Gasteiger partial charge in [-0.1, -0.05) is 15.9 Å². The summed E-state index contributed by atoms with van der Waals surface area (Å²) in [4.78, 5) is 44.7. The number of hydrogen-bond acceptors (Lipinski definition) is 6. The van der Waals surface area contributed by atoms with E-state index < -0.39 is 29.6 Å². The van der Waals surface area contributed by atoms with Gasteiger partial charge in [0.1, 0.15) is 5.69 Å². The Morgan fingerprint density at radius 2 is 1.86 bits per heavy atom. The standard InChI is InChI=1S/C23H23BrF2IN5O4/c24-15-9-18(22(34)30-6-3-23(25,26)4-7-30)20(19(10-15)32(35)36)29-17-2-1-5-31(13-17)21(33)14-8-16(27)12-28-11-14/h8-12,17,29H,1-7,13H2/t17-/m1/s1. The Kier molecular flexibility index (Phi) is 8.07. The number of pyridine rings is 1. The minimum atomic E-state index is -2.83. The number of piperidine rings is 2. The number of nitrogens with one attached hydrogen (secondary N) is 1. The summed E-state index contributed by atoms with van der Waals surface area (Å²) in [5, 5.41) is 15.0. The van der Waals surface area contributed by atoms with Crippen molar-refractivity contribution in [3.63, 3.8) is 0 Å². The number of aromatic nitrogens is 1. The highest BCUT2D eigenvalue weighted by atomic mass is 127. The predicted molar refractivity (Wildman–Crippen MR) is 140 cm³/mol. The Bertz CT molecular complexity index is 1190. The average Bonchev–Trinajstić information content (AvgIpc) is 2.84. The van der Waals surface area contributed by atoms with E-state index in [1.807, 2.05) is 0 Å². The minimum Gasteiger partial charge on any atom is -0.374 e. The highest BCUT2D eigenvalue weighted by Gasteiger charge is 2.37. The van der Waals surface area contributed by atoms with Crippen molar-refractivity contribution in [3.8, 4) is 0 Å². The zero-order chi connectivity index (χ0) is 26.0. The summed E-state index contributed by atoms with van der Waals surface area (Å²) in [7, 11) is 0. The van der Waals surface area contributed by atoms with Gasteiger partial charge in [0.05, 0.1) is 16.1 Å². The normalized spacial score (nSPS) is 19.6. The first-order chi connectivity index (χ1) is 17.0. The third kappa shape index (κ3) is 6.10. The van der Waals surface area contributed by atoms with Crippen LogP contribution in [0.15, 0.2) is 35.1 Å². The summed E-state index contributed by atoms with van der Waals surface area (Å²) in [5.41, 5.74) is 0.211. The molecule has 9 nitrogen and oxygen atoms in total. The van der Waals surface area contributed by atoms with Crippen molar-refractivity contribution in [2.45, 2.75) is 37.6 Å². The number of nitro benzene ring substituents is 1. The largest absolute Gasteiger partial charge is 0.374 e. The van der Waals surface area contributed by atoms with Gasteiger partial charge in [-0.2, -0.15) is 0 Å². The van der Waals surface area contributed by atoms with Gasteiger partial charge in [0.2, 0.25) is 0 Å². The number of amides is 2. The van der Waals surface area contributed by atoms with Crippen LogP contribution in [0, 0.1) is 13.7 Å². The van der Waals surface area contributed by atoms with Crippen LogP contribution in [0.4, 0.5) is 20.2 Å². The Hall–Kier alpha value is -2.42. The molecule has 2 amide bonds. The van der Waals surface area contributed by atoms with Crippen LogP contribution in [0.3, 0.4) is 0 Å². The molecular formula is C23H23BrF2IN5O4. The van der Waals surface area contributed by atoms with E-state index in [1.54, 1.807) is 17.2 Å². The number of nitro groups is 1. The van der Waals surface area contributed by atoms with E-state index in [4.69, 9.17) is 0 Å². The molecule has 0 saturated carbocycles. The lowest BCUT2D eigenvalue weighted by atomic mass is 10.0. The molecule has 2 aromatic rings. The molecule has 0 radical (unpaired) electrons. The van der Waals surface area contributed by atoms with E-state index in [-0.39, 0.29) is 48.5 Å². The van der Waals surface area contributed by atoms with Gasteiger partial charge in [-0.15, -0.1) is 0 Å². The number of anilines is 1. The van der Waals surface area contributed by atoms with Crippen molar-refractivity contribution in [2.24, 2.45) is 0 Å². The quantitative estimate of drug-likeness (QED) is 0.273. The number of carbonyl (C=O) groups is 2. The van der Waals surface area contributed by atoms with Crippen LogP contribution in [0.25, 0.3) is 0 Å². The number of alkyl halides is 2. The molecule has 2 aliphatic rings. The molecule has 0 aliphatic carbocycles. The predicted octanol–water partition coefficient (Wildman–Crippen LogP) is 4.94. The molecule has 13 heteroatoms. The number of nitrogens with zero attached hydrogens (tertiary/aromatic N) is 4. The van der Waals surface area contributed by atoms with Crippen LogP contribution in [-0.2, 0) is 0 Å². The van der Waals surface area contributed by atoms with Crippen LogP contribution in [0.5, 0.6) is 0 Å². The van der Waals surface area contributed by atoms with Crippen LogP contribution < -0.4 is 5.32 Å². The maximum Gasteiger partial charge on any atom is 0.294 e. The minimum absolute atomic E-state index is 0.0285. The molecule has 3 heterocycles. The van der Waals surface area contributed by atoms with Gasteiger partial charge in [0.15, 0.2) is 0 Å². The van der Waals surface area contributed by atoms with E-state index in [1.165, 1.54) is 23.2 Å². The molecule has 0 spiro atoms. The maximum atomic E-state index is 13.6. The van der Waals surface area contributed by atoms with Crippen molar-refractivity contribution in [3.05, 3.63) is 59.9 Å². The highest BCUT2D eigenvalue weighted by Crippen LogP contribution is 2.36. The maximum absolute atomic E-state index is 13.6. The molecule has 2 fully saturated rings. The van der Waals surface area contributed by atoms with E-state index >= 15 is 0 Å². The molecule has 0 bridgehead atoms. The molecular weight excluding hydrogens is 655 g/mol. The zero-order valence-electron chi connectivity index (χ0n) is 19.1. The van der Waals surface area contributed by atoms with Gasteiger partial charge in [-0.05, 0) is 47.6 Å². The van der Waals surface area contributed by atoms with E-state index in [2.05, 4.69) is 48.8 Å². The molecule has 2 aliphatic heterocycles. The second-order valence-corrected chi connectivity index (χ2v) is 11.0. The number of benzene rings is 1. The number of halogens is 4. The van der Waals surface area contributed by atoms with E-state index in [0.29, 0.717) is 29.4 Å². The number of rotatable bonds is 5. The van der Waals surface area contributed by atoms with Crippen molar-refractivity contribution >= 4 is 61.7 Å². The van der Waals surface area contributed by atoms with Crippen LogP contribution in [0.2, 0.25) is 0 Å². The SMILES string of the molecule is O=C(c1cncc(I)c1)N1CCC[C@@H](Nc2c(C(=O)N3CCC(F)(F)CC3)cc(Br)cc2[N+](=O)[O-])C1. The molecule has 36 heavy (non-hydrogen) atoms. The molecule has 1 atom stereocenters. The first-order valence-corrected chi connectivity index (χ1v) is 13.2. The lowest BCUT2D eigenvalue weighted by Gasteiger charge is -2.35. The summed E-state index contributed by atoms with van der Waals surface area (Å²) in [6.07, 6.45) is 3.53. The smallest absolute Gasteiger partial charge is 0.294 e. The highest BCUT2D eigenvalue weighted by molar-refractivity contribution is 14.1. The topological polar surface area (TPSA) is 109 Å². The summed E-state index contributed by atoms with van der Waals surface area (Å²) in [5.74, 6) is -3.57. The molecule has 1 N–H and O–H groups in total. The second-order valence-electron chi connectivity index (χ2n) is 8.88. The molecule has 192 valence electrons. The average molecular weight is 678 g/mol. The van der Waals surface area contributed by atoms with Crippen LogP contribution in [0.1, 0.15) is 46.4 Å². The van der Waals surface area contributed by atoms with Gasteiger partial charge in [-0.25, -0.2) is 8.78 Å². The molecule has 1 aromatic carbocycles. The molecule has 1 aromatic heterocycles. The summed E-state index contributed by atoms with van der Waals surface area (Å²) in [6, 6.07) is 4.15. The van der Waals surface area contributed by atoms with Gasteiger partial charge in [-0.3, -0.25) is 24.7 Å². The summed E-state index contributed by atoms with van der Waals surface area (Å²) >= 11 is 5.31. The number of likely N-dealkylation sites (tertiary alicyclic amines) is 2. The summed E-state index contributed by atoms with van der Waals surface area (Å²) < 4.78 is 28.4. The molecule has 4 rings (SSSR count). The van der Waals surface area contributed by atoms with Crippen LogP contribution in [-0.4, -0.2) is 69.7 Å². The van der Waals surface area contributed by atoms with Gasteiger partial charge >= 0.3 is 0 Å². The zero-order valence-corrected chi connectivity index (χ0v) is 22.8. The Labute approximate surface area is 228 Å². The molecule has 2 saturated heterocycles. The number of carbonyl (C=O) groups excluding carboxylic acids is 2. The molecule has 0 unspecified atom stereocenters. The van der Waals surface area contributed by atoms with E-state index in [9.17, 15) is 28.5 Å². The fourth-order valence-electron chi connectivity index (χ4n) is 4.46. The monoisotopic (exact) mass is 677 g/mol. The van der Waals surface area contributed by atoms with E-state index in [0.717, 1.165) is 3.57 Å². The van der Waals surface area contributed by atoms with Gasteiger partial charge in [0, 0.05) is 71.6 Å². The van der Waals surface area contributed by atoms with Crippen molar-refractivity contribution in [2.75, 3.05) is 31.5 Å². The van der Waals surface area contributed by atoms with Crippen molar-refractivity contribution < 1.29 is 23.3 Å². The Morgan fingerprint density at radius 1 is 1.14 bits per heavy atom.